The highest BCUT2D eigenvalue weighted by Gasteiger charge is 2.24. The quantitative estimate of drug-likeness (QED) is 0.168. The minimum Gasteiger partial charge on any atom is -0.309 e. The molecule has 7 aromatic carbocycles. The largest absolute Gasteiger partial charge is 0.309 e. The van der Waals surface area contributed by atoms with Gasteiger partial charge in [-0.05, 0) is 53.6 Å². The molecule has 0 fully saturated rings. The highest BCUT2D eigenvalue weighted by molar-refractivity contribution is 5.99. The molecule has 0 spiro atoms. The third kappa shape index (κ3) is 6.26. The molecule has 0 bridgehead atoms. The highest BCUT2D eigenvalue weighted by Crippen LogP contribution is 2.48. The summed E-state index contributed by atoms with van der Waals surface area (Å²) in [7, 11) is 0. The van der Waals surface area contributed by atoms with Crippen LogP contribution in [0.25, 0.3) is 56.2 Å². The van der Waals surface area contributed by atoms with Crippen molar-refractivity contribution in [3.05, 3.63) is 200 Å². The van der Waals surface area contributed by atoms with Crippen LogP contribution in [0.2, 0.25) is 0 Å². The van der Waals surface area contributed by atoms with E-state index in [-0.39, 0.29) is 0 Å². The predicted octanol–water partition coefficient (Wildman–Crippen LogP) is 12.3. The van der Waals surface area contributed by atoms with Gasteiger partial charge < -0.3 is 4.90 Å². The zero-order valence-electron chi connectivity index (χ0n) is 26.9. The van der Waals surface area contributed by atoms with Gasteiger partial charge in [0, 0.05) is 39.2 Å². The molecule has 8 rings (SSSR count). The maximum atomic E-state index is 5.24. The Morgan fingerprint density at radius 3 is 1.00 bits per heavy atom. The first-order valence-corrected chi connectivity index (χ1v) is 16.5. The van der Waals surface area contributed by atoms with Gasteiger partial charge in [-0.2, -0.15) is 0 Å². The maximum absolute atomic E-state index is 5.24. The Balaban J connectivity index is 1.46. The standard InChI is InChI=1S/C46H33N3/c1-7-19-34(20-8-1)41-31-38(46-47-43(36-23-11-3-12-24-36)33-44(48-46)37-25-13-4-14-26-37)32-42(35-21-9-2-10-22-35)45(41)49(39-27-15-5-16-28-39)40-29-17-6-18-30-40/h1-33H. The van der Waals surface area contributed by atoms with Gasteiger partial charge in [-0.25, -0.2) is 9.97 Å². The van der Waals surface area contributed by atoms with Gasteiger partial charge >= 0.3 is 0 Å². The molecule has 0 aliphatic rings. The van der Waals surface area contributed by atoms with Crippen LogP contribution in [0.3, 0.4) is 0 Å². The fourth-order valence-corrected chi connectivity index (χ4v) is 6.33. The topological polar surface area (TPSA) is 29.0 Å². The molecule has 0 aliphatic heterocycles. The summed E-state index contributed by atoms with van der Waals surface area (Å²) in [5.74, 6) is 0.673. The molecular formula is C46H33N3. The molecule has 0 radical (unpaired) electrons. The van der Waals surface area contributed by atoms with Gasteiger partial charge in [-0.1, -0.05) is 158 Å². The molecule has 3 heteroatoms. The number of nitrogens with zero attached hydrogens (tertiary/aromatic N) is 3. The summed E-state index contributed by atoms with van der Waals surface area (Å²) in [4.78, 5) is 12.8. The van der Waals surface area contributed by atoms with Crippen LogP contribution in [0, 0.1) is 0 Å². The van der Waals surface area contributed by atoms with E-state index >= 15 is 0 Å². The molecule has 1 aromatic heterocycles. The number of aromatic nitrogens is 2. The van der Waals surface area contributed by atoms with E-state index in [4.69, 9.17) is 9.97 Å². The summed E-state index contributed by atoms with van der Waals surface area (Å²) < 4.78 is 0. The average molecular weight is 628 g/mol. The van der Waals surface area contributed by atoms with Crippen LogP contribution in [0.15, 0.2) is 200 Å². The van der Waals surface area contributed by atoms with Crippen molar-refractivity contribution in [1.29, 1.82) is 0 Å². The average Bonchev–Trinajstić information content (AvgIpc) is 3.20. The Hall–Kier alpha value is -6.58. The second-order valence-corrected chi connectivity index (χ2v) is 11.9. The molecule has 232 valence electrons. The van der Waals surface area contributed by atoms with Gasteiger partial charge in [0.25, 0.3) is 0 Å². The SMILES string of the molecule is c1ccc(-c2cc(-c3ccccc3)nc(-c3cc(-c4ccccc4)c(N(c4ccccc4)c4ccccc4)c(-c4ccccc4)c3)n2)cc1. The Morgan fingerprint density at radius 2 is 0.633 bits per heavy atom. The van der Waals surface area contributed by atoms with Crippen LogP contribution in [-0.2, 0) is 0 Å². The summed E-state index contributed by atoms with van der Waals surface area (Å²) in [6.45, 7) is 0. The van der Waals surface area contributed by atoms with Crippen molar-refractivity contribution in [1.82, 2.24) is 9.97 Å². The zero-order chi connectivity index (χ0) is 32.8. The number of benzene rings is 7. The molecule has 0 N–H and O–H groups in total. The van der Waals surface area contributed by atoms with E-state index in [1.54, 1.807) is 0 Å². The van der Waals surface area contributed by atoms with Crippen molar-refractivity contribution in [2.45, 2.75) is 0 Å². The van der Waals surface area contributed by atoms with E-state index in [1.807, 2.05) is 12.1 Å². The molecule has 0 atom stereocenters. The predicted molar refractivity (Wildman–Crippen MR) is 204 cm³/mol. The van der Waals surface area contributed by atoms with Crippen molar-refractivity contribution in [2.24, 2.45) is 0 Å². The van der Waals surface area contributed by atoms with Crippen LogP contribution in [0.4, 0.5) is 17.1 Å². The molecule has 0 saturated heterocycles. The molecule has 0 aliphatic carbocycles. The summed E-state index contributed by atoms with van der Waals surface area (Å²) >= 11 is 0. The number of anilines is 3. The number of para-hydroxylation sites is 2. The van der Waals surface area contributed by atoms with E-state index in [9.17, 15) is 0 Å². The second kappa shape index (κ2) is 13.6. The molecule has 3 nitrogen and oxygen atoms in total. The first-order chi connectivity index (χ1) is 24.3. The summed E-state index contributed by atoms with van der Waals surface area (Å²) in [5, 5.41) is 0. The molecule has 0 amide bonds. The number of rotatable bonds is 8. The van der Waals surface area contributed by atoms with Gasteiger partial charge in [0.1, 0.15) is 0 Å². The van der Waals surface area contributed by atoms with E-state index in [1.165, 1.54) is 0 Å². The lowest BCUT2D eigenvalue weighted by molar-refractivity contribution is 1.18. The van der Waals surface area contributed by atoms with Crippen LogP contribution in [0.5, 0.6) is 0 Å². The van der Waals surface area contributed by atoms with E-state index < -0.39 is 0 Å². The third-order valence-electron chi connectivity index (χ3n) is 8.66. The maximum Gasteiger partial charge on any atom is 0.160 e. The lowest BCUT2D eigenvalue weighted by Gasteiger charge is -2.31. The van der Waals surface area contributed by atoms with E-state index in [2.05, 4.69) is 193 Å². The van der Waals surface area contributed by atoms with E-state index in [0.29, 0.717) is 5.82 Å². The van der Waals surface area contributed by atoms with Gasteiger partial charge in [0.2, 0.25) is 0 Å². The first kappa shape index (κ1) is 29.8. The molecule has 0 unspecified atom stereocenters. The van der Waals surface area contributed by atoms with Crippen molar-refractivity contribution in [2.75, 3.05) is 4.90 Å². The Labute approximate surface area is 287 Å². The van der Waals surface area contributed by atoms with Crippen LogP contribution in [0.1, 0.15) is 0 Å². The fraction of sp³-hybridized carbons (Fsp3) is 0. The Kier molecular flexibility index (Phi) is 8.30. The monoisotopic (exact) mass is 627 g/mol. The summed E-state index contributed by atoms with van der Waals surface area (Å²) in [5.41, 5.74) is 12.4. The summed E-state index contributed by atoms with van der Waals surface area (Å²) in [6, 6.07) is 69.7. The van der Waals surface area contributed by atoms with Gasteiger partial charge in [0.15, 0.2) is 5.82 Å². The fourth-order valence-electron chi connectivity index (χ4n) is 6.33. The van der Waals surface area contributed by atoms with E-state index in [0.717, 1.165) is 67.4 Å². The van der Waals surface area contributed by atoms with Crippen molar-refractivity contribution in [3.8, 4) is 56.2 Å². The second-order valence-electron chi connectivity index (χ2n) is 11.9. The molecular weight excluding hydrogens is 595 g/mol. The first-order valence-electron chi connectivity index (χ1n) is 16.5. The van der Waals surface area contributed by atoms with Gasteiger partial charge in [-0.15, -0.1) is 0 Å². The van der Waals surface area contributed by atoms with Crippen LogP contribution in [-0.4, -0.2) is 9.97 Å². The van der Waals surface area contributed by atoms with Crippen molar-refractivity contribution >= 4 is 17.1 Å². The molecule has 0 saturated carbocycles. The highest BCUT2D eigenvalue weighted by atomic mass is 15.1. The van der Waals surface area contributed by atoms with Gasteiger partial charge in [0.05, 0.1) is 17.1 Å². The van der Waals surface area contributed by atoms with Crippen LogP contribution >= 0.6 is 0 Å². The van der Waals surface area contributed by atoms with Crippen molar-refractivity contribution in [3.63, 3.8) is 0 Å². The molecule has 1 heterocycles. The third-order valence-corrected chi connectivity index (χ3v) is 8.66. The molecule has 49 heavy (non-hydrogen) atoms. The molecule has 8 aromatic rings. The van der Waals surface area contributed by atoms with Gasteiger partial charge in [-0.3, -0.25) is 0 Å². The zero-order valence-corrected chi connectivity index (χ0v) is 26.9. The van der Waals surface area contributed by atoms with Crippen molar-refractivity contribution < 1.29 is 0 Å². The summed E-state index contributed by atoms with van der Waals surface area (Å²) in [6.07, 6.45) is 0. The lowest BCUT2D eigenvalue weighted by atomic mass is 9.91. The number of hydrogen-bond donors (Lipinski definition) is 0. The minimum atomic E-state index is 0.673. The van der Waals surface area contributed by atoms with Crippen LogP contribution < -0.4 is 4.90 Å². The number of hydrogen-bond acceptors (Lipinski definition) is 3. The Bertz CT molecular complexity index is 2130. The smallest absolute Gasteiger partial charge is 0.160 e. The Morgan fingerprint density at radius 1 is 0.306 bits per heavy atom. The minimum absolute atomic E-state index is 0.673. The normalized spacial score (nSPS) is 10.9. The lowest BCUT2D eigenvalue weighted by Crippen LogP contribution is -2.13.